The molecule has 2 aromatic heterocycles. The highest BCUT2D eigenvalue weighted by atomic mass is 35.5. The molecule has 0 fully saturated rings. The number of nitrogens with two attached hydrogens (primary N) is 2. The number of pyridine rings is 1. The fourth-order valence-corrected chi connectivity index (χ4v) is 3.24. The predicted molar refractivity (Wildman–Crippen MR) is 90.6 cm³/mol. The molecule has 0 aliphatic carbocycles. The lowest BCUT2D eigenvalue weighted by Crippen LogP contribution is -2.10. The summed E-state index contributed by atoms with van der Waals surface area (Å²) in [5, 5.41) is 0.927. The molecule has 0 radical (unpaired) electrons. The number of rotatable bonds is 4. The summed E-state index contributed by atoms with van der Waals surface area (Å²) in [4.78, 5) is 16.5. The summed E-state index contributed by atoms with van der Waals surface area (Å²) in [5.74, 6) is 0.904. The number of benzene rings is 1. The zero-order valence-electron chi connectivity index (χ0n) is 12.0. The maximum Gasteiger partial charge on any atom is 0.260 e. The highest BCUT2D eigenvalue weighted by molar-refractivity contribution is 7.21. The van der Waals surface area contributed by atoms with Gasteiger partial charge in [-0.2, -0.15) is 0 Å². The van der Waals surface area contributed by atoms with E-state index in [0.29, 0.717) is 32.5 Å². The summed E-state index contributed by atoms with van der Waals surface area (Å²) in [5.41, 5.74) is 11.6. The maximum absolute atomic E-state index is 11.4. The summed E-state index contributed by atoms with van der Waals surface area (Å²) >= 11 is 7.30. The second-order valence-electron chi connectivity index (χ2n) is 4.60. The van der Waals surface area contributed by atoms with E-state index in [1.54, 1.807) is 37.6 Å². The second-order valence-corrected chi connectivity index (χ2v) is 6.00. The van der Waals surface area contributed by atoms with Crippen molar-refractivity contribution in [1.29, 1.82) is 0 Å². The van der Waals surface area contributed by atoms with Gasteiger partial charge in [-0.1, -0.05) is 11.6 Å². The molecule has 6 nitrogen and oxygen atoms in total. The Labute approximate surface area is 140 Å². The standard InChI is InChI=1S/C15H12ClN3O3S/c1-21-7-2-3-9(8(16)6-7)22-10-4-5-19-15-11(10)12(17)13(23-15)14(18)20/h2-6H,17H2,1H3,(H2,18,20). The molecule has 3 rings (SSSR count). The fraction of sp³-hybridized carbons (Fsp3) is 0.0667. The van der Waals surface area contributed by atoms with Gasteiger partial charge in [0.25, 0.3) is 5.91 Å². The van der Waals surface area contributed by atoms with Crippen molar-refractivity contribution in [2.45, 2.75) is 0 Å². The number of thiophene rings is 1. The molecule has 0 saturated heterocycles. The third-order valence-corrected chi connectivity index (χ3v) is 4.60. The molecule has 0 unspecified atom stereocenters. The minimum atomic E-state index is -0.598. The zero-order valence-corrected chi connectivity index (χ0v) is 13.6. The molecule has 3 aromatic rings. The number of hydrogen-bond donors (Lipinski definition) is 2. The second kappa shape index (κ2) is 5.94. The van der Waals surface area contributed by atoms with Crippen LogP contribution in [0.1, 0.15) is 9.67 Å². The van der Waals surface area contributed by atoms with Crippen LogP contribution in [0.2, 0.25) is 5.02 Å². The van der Waals surface area contributed by atoms with Crippen molar-refractivity contribution in [3.63, 3.8) is 0 Å². The number of carbonyl (C=O) groups excluding carboxylic acids is 1. The molecule has 0 aliphatic heterocycles. The Morgan fingerprint density at radius 3 is 2.74 bits per heavy atom. The van der Waals surface area contributed by atoms with Crippen LogP contribution >= 0.6 is 22.9 Å². The maximum atomic E-state index is 11.4. The summed E-state index contributed by atoms with van der Waals surface area (Å²) in [6, 6.07) is 6.70. The number of hydrogen-bond acceptors (Lipinski definition) is 6. The normalized spacial score (nSPS) is 10.7. The van der Waals surface area contributed by atoms with Gasteiger partial charge in [-0.05, 0) is 18.2 Å². The van der Waals surface area contributed by atoms with Crippen LogP contribution in [-0.4, -0.2) is 18.0 Å². The van der Waals surface area contributed by atoms with Gasteiger partial charge in [-0.15, -0.1) is 11.3 Å². The third kappa shape index (κ3) is 2.76. The Morgan fingerprint density at radius 1 is 1.30 bits per heavy atom. The quantitative estimate of drug-likeness (QED) is 0.751. The van der Waals surface area contributed by atoms with Crippen LogP contribution in [-0.2, 0) is 0 Å². The van der Waals surface area contributed by atoms with Crippen molar-refractivity contribution in [3.05, 3.63) is 40.4 Å². The Morgan fingerprint density at radius 2 is 2.09 bits per heavy atom. The first-order chi connectivity index (χ1) is 11.0. The topological polar surface area (TPSA) is 100 Å². The average Bonchev–Trinajstić information content (AvgIpc) is 2.87. The highest BCUT2D eigenvalue weighted by Gasteiger charge is 2.19. The number of halogens is 1. The number of fused-ring (bicyclic) bond motifs is 1. The molecular formula is C15H12ClN3O3S. The van der Waals surface area contributed by atoms with Crippen molar-refractivity contribution < 1.29 is 14.3 Å². The number of methoxy groups -OCH3 is 1. The minimum Gasteiger partial charge on any atom is -0.497 e. The first-order valence-corrected chi connectivity index (χ1v) is 7.69. The number of ether oxygens (including phenoxy) is 2. The lowest BCUT2D eigenvalue weighted by molar-refractivity contribution is 0.100. The summed E-state index contributed by atoms with van der Waals surface area (Å²) < 4.78 is 10.9. The van der Waals surface area contributed by atoms with E-state index in [2.05, 4.69) is 4.98 Å². The van der Waals surface area contributed by atoms with E-state index in [1.807, 2.05) is 0 Å². The van der Waals surface area contributed by atoms with Crippen molar-refractivity contribution in [2.75, 3.05) is 12.8 Å². The lowest BCUT2D eigenvalue weighted by atomic mass is 10.2. The van der Waals surface area contributed by atoms with Crippen LogP contribution in [0, 0.1) is 0 Å². The molecule has 0 saturated carbocycles. The lowest BCUT2D eigenvalue weighted by Gasteiger charge is -2.10. The van der Waals surface area contributed by atoms with Crippen LogP contribution in [0.25, 0.3) is 10.2 Å². The Kier molecular flexibility index (Phi) is 3.97. The van der Waals surface area contributed by atoms with Crippen LogP contribution in [0.5, 0.6) is 17.2 Å². The van der Waals surface area contributed by atoms with Crippen molar-refractivity contribution >= 4 is 44.7 Å². The molecule has 0 aliphatic rings. The molecule has 0 spiro atoms. The van der Waals surface area contributed by atoms with Crippen molar-refractivity contribution in [1.82, 2.24) is 4.98 Å². The van der Waals surface area contributed by atoms with E-state index in [9.17, 15) is 4.79 Å². The van der Waals surface area contributed by atoms with Gasteiger partial charge in [0.1, 0.15) is 27.0 Å². The molecule has 0 bridgehead atoms. The van der Waals surface area contributed by atoms with E-state index < -0.39 is 5.91 Å². The summed E-state index contributed by atoms with van der Waals surface area (Å²) in [7, 11) is 1.55. The van der Waals surface area contributed by atoms with Gasteiger partial charge in [-0.25, -0.2) is 4.98 Å². The van der Waals surface area contributed by atoms with Gasteiger partial charge < -0.3 is 20.9 Å². The first kappa shape index (κ1) is 15.4. The Bertz CT molecular complexity index is 910. The van der Waals surface area contributed by atoms with E-state index in [0.717, 1.165) is 11.3 Å². The number of amides is 1. The fourth-order valence-electron chi connectivity index (χ4n) is 2.09. The van der Waals surface area contributed by atoms with Gasteiger partial charge in [0.05, 0.1) is 23.2 Å². The van der Waals surface area contributed by atoms with Crippen LogP contribution in [0.3, 0.4) is 0 Å². The molecule has 8 heteroatoms. The number of primary amides is 1. The molecule has 4 N–H and O–H groups in total. The average molecular weight is 350 g/mol. The zero-order chi connectivity index (χ0) is 16.6. The largest absolute Gasteiger partial charge is 0.497 e. The molecule has 2 heterocycles. The van der Waals surface area contributed by atoms with Crippen LogP contribution in [0.15, 0.2) is 30.5 Å². The molecule has 1 amide bonds. The van der Waals surface area contributed by atoms with Crippen molar-refractivity contribution in [3.8, 4) is 17.2 Å². The van der Waals surface area contributed by atoms with Gasteiger partial charge in [-0.3, -0.25) is 4.79 Å². The predicted octanol–water partition coefficient (Wildman–Crippen LogP) is 3.43. The van der Waals surface area contributed by atoms with Crippen LogP contribution < -0.4 is 20.9 Å². The molecule has 1 aromatic carbocycles. The number of nitrogens with zero attached hydrogens (tertiary/aromatic N) is 1. The summed E-state index contributed by atoms with van der Waals surface area (Å²) in [6.07, 6.45) is 1.57. The highest BCUT2D eigenvalue weighted by Crippen LogP contribution is 2.41. The van der Waals surface area contributed by atoms with E-state index >= 15 is 0 Å². The van der Waals surface area contributed by atoms with Gasteiger partial charge in [0.15, 0.2) is 0 Å². The summed E-state index contributed by atoms with van der Waals surface area (Å²) in [6.45, 7) is 0. The van der Waals surface area contributed by atoms with E-state index in [-0.39, 0.29) is 10.6 Å². The van der Waals surface area contributed by atoms with Crippen molar-refractivity contribution in [2.24, 2.45) is 5.73 Å². The molecule has 23 heavy (non-hydrogen) atoms. The van der Waals surface area contributed by atoms with Crippen LogP contribution in [0.4, 0.5) is 5.69 Å². The molecular weight excluding hydrogens is 338 g/mol. The molecule has 118 valence electrons. The number of aromatic nitrogens is 1. The van der Waals surface area contributed by atoms with E-state index in [4.69, 9.17) is 32.5 Å². The monoisotopic (exact) mass is 349 g/mol. The Balaban J connectivity index is 2.08. The van der Waals surface area contributed by atoms with Gasteiger partial charge in [0, 0.05) is 12.3 Å². The first-order valence-electron chi connectivity index (χ1n) is 6.49. The smallest absolute Gasteiger partial charge is 0.260 e. The minimum absolute atomic E-state index is 0.254. The SMILES string of the molecule is COc1ccc(Oc2ccnc3sc(C(N)=O)c(N)c23)c(Cl)c1. The van der Waals surface area contributed by atoms with E-state index in [1.165, 1.54) is 0 Å². The third-order valence-electron chi connectivity index (χ3n) is 3.17. The Hall–Kier alpha value is -2.51. The molecule has 0 atom stereocenters. The number of anilines is 1. The number of carbonyl (C=O) groups is 1. The van der Waals surface area contributed by atoms with Gasteiger partial charge >= 0.3 is 0 Å². The van der Waals surface area contributed by atoms with Gasteiger partial charge in [0.2, 0.25) is 0 Å². The number of nitrogen functional groups attached to an aromatic ring is 1.